The number of benzene rings is 2. The molecule has 0 saturated carbocycles. The van der Waals surface area contributed by atoms with Gasteiger partial charge in [0, 0.05) is 6.42 Å². The van der Waals surface area contributed by atoms with Crippen molar-refractivity contribution in [2.24, 2.45) is 0 Å². The molecule has 0 fully saturated rings. The minimum absolute atomic E-state index is 0.0141. The van der Waals surface area contributed by atoms with E-state index in [9.17, 15) is 0 Å². The molecular formula is C24H27ClO4. The summed E-state index contributed by atoms with van der Waals surface area (Å²) in [6.45, 7) is 11.8. The molecule has 2 aromatic rings. The van der Waals surface area contributed by atoms with Crippen molar-refractivity contribution in [1.29, 1.82) is 0 Å². The van der Waals surface area contributed by atoms with Crippen LogP contribution in [0.4, 0.5) is 0 Å². The lowest BCUT2D eigenvalue weighted by molar-refractivity contribution is -0.209. The highest BCUT2D eigenvalue weighted by Gasteiger charge is 2.16. The Bertz CT molecular complexity index is 923. The zero-order valence-corrected chi connectivity index (χ0v) is 18.4. The predicted octanol–water partition coefficient (Wildman–Crippen LogP) is 6.35. The van der Waals surface area contributed by atoms with Gasteiger partial charge in [0.25, 0.3) is 0 Å². The Kier molecular flexibility index (Phi) is 8.45. The quantitative estimate of drug-likeness (QED) is 0.218. The van der Waals surface area contributed by atoms with Gasteiger partial charge in [-0.25, -0.2) is 0 Å². The van der Waals surface area contributed by atoms with Gasteiger partial charge in [-0.1, -0.05) is 29.7 Å². The Labute approximate surface area is 178 Å². The predicted molar refractivity (Wildman–Crippen MR) is 117 cm³/mol. The summed E-state index contributed by atoms with van der Waals surface area (Å²) in [5.41, 5.74) is 4.13. The molecule has 29 heavy (non-hydrogen) atoms. The topological polar surface area (TPSA) is 36.9 Å². The maximum atomic E-state index is 6.46. The number of hydrogen-bond donors (Lipinski definition) is 0. The maximum absolute atomic E-state index is 6.46. The minimum Gasteiger partial charge on any atom is -0.487 e. The average Bonchev–Trinajstić information content (AvgIpc) is 2.64. The van der Waals surface area contributed by atoms with Crippen LogP contribution in [-0.4, -0.2) is 13.2 Å². The normalized spacial score (nSPS) is 10.3. The van der Waals surface area contributed by atoms with Crippen LogP contribution >= 0.6 is 11.6 Å². The fourth-order valence-corrected chi connectivity index (χ4v) is 3.11. The van der Waals surface area contributed by atoms with E-state index in [2.05, 4.69) is 28.4 Å². The lowest BCUT2D eigenvalue weighted by Gasteiger charge is -2.19. The molecule has 0 amide bonds. The van der Waals surface area contributed by atoms with Gasteiger partial charge in [-0.3, -0.25) is 4.89 Å². The molecule has 0 aliphatic heterocycles. The monoisotopic (exact) mass is 414 g/mol. The minimum atomic E-state index is -0.0141. The second-order valence-electron chi connectivity index (χ2n) is 6.92. The SMILES string of the molecule is C=CCc1cc(Oc2c(C)cc(CC#COOC)cc2OC(C)C)c(Cl)cc1C. The van der Waals surface area contributed by atoms with Crippen molar-refractivity contribution in [3.63, 3.8) is 0 Å². The number of halogens is 1. The summed E-state index contributed by atoms with van der Waals surface area (Å²) < 4.78 is 12.3. The lowest BCUT2D eigenvalue weighted by atomic mass is 10.0. The second kappa shape index (κ2) is 10.8. The molecule has 154 valence electrons. The van der Waals surface area contributed by atoms with Crippen molar-refractivity contribution < 1.29 is 19.2 Å². The molecule has 0 aliphatic rings. The van der Waals surface area contributed by atoms with E-state index in [0.717, 1.165) is 28.7 Å². The van der Waals surface area contributed by atoms with Gasteiger partial charge in [0.15, 0.2) is 17.6 Å². The van der Waals surface area contributed by atoms with Crippen LogP contribution in [-0.2, 0) is 22.6 Å². The van der Waals surface area contributed by atoms with E-state index in [1.54, 1.807) is 0 Å². The third-order valence-electron chi connectivity index (χ3n) is 4.12. The molecule has 0 aromatic heterocycles. The Morgan fingerprint density at radius 3 is 2.52 bits per heavy atom. The highest BCUT2D eigenvalue weighted by molar-refractivity contribution is 6.32. The first-order chi connectivity index (χ1) is 13.8. The van der Waals surface area contributed by atoms with Crippen LogP contribution < -0.4 is 9.47 Å². The van der Waals surface area contributed by atoms with E-state index in [1.807, 2.05) is 58.0 Å². The molecule has 0 spiro atoms. The molecule has 4 nitrogen and oxygen atoms in total. The van der Waals surface area contributed by atoms with Gasteiger partial charge in [0.2, 0.25) is 0 Å². The van der Waals surface area contributed by atoms with Crippen molar-refractivity contribution in [3.8, 4) is 29.3 Å². The Morgan fingerprint density at radius 2 is 1.86 bits per heavy atom. The van der Waals surface area contributed by atoms with Crippen LogP contribution in [0.5, 0.6) is 17.2 Å². The zero-order chi connectivity index (χ0) is 21.4. The molecule has 2 rings (SSSR count). The van der Waals surface area contributed by atoms with Gasteiger partial charge in [-0.2, -0.15) is 4.89 Å². The molecule has 5 heteroatoms. The first-order valence-electron chi connectivity index (χ1n) is 9.41. The molecule has 0 aliphatic carbocycles. The molecule has 0 saturated heterocycles. The van der Waals surface area contributed by atoms with Gasteiger partial charge in [0.05, 0.1) is 18.2 Å². The van der Waals surface area contributed by atoms with Crippen molar-refractivity contribution >= 4 is 11.6 Å². The molecule has 0 bridgehead atoms. The Hall–Kier alpha value is -2.61. The Morgan fingerprint density at radius 1 is 1.10 bits per heavy atom. The summed E-state index contributed by atoms with van der Waals surface area (Å²) in [4.78, 5) is 9.07. The highest BCUT2D eigenvalue weighted by Crippen LogP contribution is 2.40. The van der Waals surface area contributed by atoms with Crippen LogP contribution in [0.25, 0.3) is 0 Å². The molecule has 0 heterocycles. The van der Waals surface area contributed by atoms with E-state index in [-0.39, 0.29) is 6.10 Å². The van der Waals surface area contributed by atoms with Crippen LogP contribution in [0.2, 0.25) is 5.02 Å². The first kappa shape index (κ1) is 22.7. The van der Waals surface area contributed by atoms with Crippen LogP contribution in [0.15, 0.2) is 36.9 Å². The van der Waals surface area contributed by atoms with Crippen molar-refractivity contribution in [3.05, 3.63) is 64.2 Å². The third kappa shape index (κ3) is 6.45. The smallest absolute Gasteiger partial charge is 0.172 e. The number of ether oxygens (including phenoxy) is 2. The molecule has 0 radical (unpaired) electrons. The Balaban J connectivity index is 2.42. The van der Waals surface area contributed by atoms with Gasteiger partial charge in [0.1, 0.15) is 5.75 Å². The van der Waals surface area contributed by atoms with Gasteiger partial charge in [-0.05, 0) is 74.6 Å². The lowest BCUT2D eigenvalue weighted by Crippen LogP contribution is -2.08. The highest BCUT2D eigenvalue weighted by atomic mass is 35.5. The number of rotatable bonds is 8. The van der Waals surface area contributed by atoms with Crippen LogP contribution in [0, 0.1) is 25.9 Å². The summed E-state index contributed by atoms with van der Waals surface area (Å²) in [7, 11) is 1.41. The standard InChI is InChI=1S/C24H27ClO4/c1-7-9-20-15-22(21(25)13-17(20)4)29-24-18(5)12-19(10-8-11-27-26-6)14-23(24)28-16(2)3/h7,12-16H,1,9-10H2,2-6H3. The van der Waals surface area contributed by atoms with E-state index in [0.29, 0.717) is 28.7 Å². The maximum Gasteiger partial charge on any atom is 0.172 e. The summed E-state index contributed by atoms with van der Waals surface area (Å²) in [6, 6.07) is 7.81. The second-order valence-corrected chi connectivity index (χ2v) is 7.32. The molecule has 2 aromatic carbocycles. The summed E-state index contributed by atoms with van der Waals surface area (Å²) in [5.74, 6) is 4.76. The number of hydrogen-bond acceptors (Lipinski definition) is 4. The number of allylic oxidation sites excluding steroid dienone is 1. The van der Waals surface area contributed by atoms with E-state index < -0.39 is 0 Å². The van der Waals surface area contributed by atoms with E-state index in [1.165, 1.54) is 7.11 Å². The fourth-order valence-electron chi connectivity index (χ4n) is 2.86. The van der Waals surface area contributed by atoms with Crippen molar-refractivity contribution in [2.45, 2.75) is 46.6 Å². The molecule has 0 unspecified atom stereocenters. The van der Waals surface area contributed by atoms with Gasteiger partial charge in [-0.15, -0.1) is 6.58 Å². The van der Waals surface area contributed by atoms with Gasteiger partial charge < -0.3 is 9.47 Å². The summed E-state index contributed by atoms with van der Waals surface area (Å²) in [6.07, 6.45) is 5.57. The number of aryl methyl sites for hydroxylation is 2. The van der Waals surface area contributed by atoms with Crippen molar-refractivity contribution in [1.82, 2.24) is 0 Å². The first-order valence-corrected chi connectivity index (χ1v) is 9.79. The zero-order valence-electron chi connectivity index (χ0n) is 17.6. The average molecular weight is 415 g/mol. The molecule has 0 atom stereocenters. The fraction of sp³-hybridized carbons (Fsp3) is 0.333. The van der Waals surface area contributed by atoms with Crippen LogP contribution in [0.3, 0.4) is 0 Å². The van der Waals surface area contributed by atoms with E-state index in [4.69, 9.17) is 21.1 Å². The van der Waals surface area contributed by atoms with E-state index >= 15 is 0 Å². The van der Waals surface area contributed by atoms with Crippen LogP contribution in [0.1, 0.15) is 36.1 Å². The van der Waals surface area contributed by atoms with Gasteiger partial charge >= 0.3 is 0 Å². The summed E-state index contributed by atoms with van der Waals surface area (Å²) in [5, 5.41) is 0.553. The molecule has 0 N–H and O–H groups in total. The third-order valence-corrected chi connectivity index (χ3v) is 4.41. The largest absolute Gasteiger partial charge is 0.487 e. The summed E-state index contributed by atoms with van der Waals surface area (Å²) >= 11 is 6.46. The van der Waals surface area contributed by atoms with Crippen molar-refractivity contribution in [2.75, 3.05) is 7.11 Å². The molecular weight excluding hydrogens is 388 g/mol.